The van der Waals surface area contributed by atoms with Crippen molar-refractivity contribution in [3.8, 4) is 5.75 Å². The molecule has 1 N–H and O–H groups in total. The molecular weight excluding hydrogens is 245 g/mol. The lowest BCUT2D eigenvalue weighted by Crippen LogP contribution is -2.48. The lowest BCUT2D eigenvalue weighted by molar-refractivity contribution is -0.00963. The maximum atomic E-state index is 14.2. The highest BCUT2D eigenvalue weighted by Crippen LogP contribution is 2.31. The molecule has 1 aliphatic rings. The minimum Gasteiger partial charge on any atom is -0.494 e. The summed E-state index contributed by atoms with van der Waals surface area (Å²) in [5.74, 6) is 0.0247. The predicted octanol–water partition coefficient (Wildman–Crippen LogP) is 2.53. The van der Waals surface area contributed by atoms with Gasteiger partial charge in [0.25, 0.3) is 0 Å². The molecule has 0 aliphatic carbocycles. The van der Waals surface area contributed by atoms with Crippen LogP contribution in [0.3, 0.4) is 0 Å². The zero-order valence-electron chi connectivity index (χ0n) is 11.8. The molecule has 2 unspecified atom stereocenters. The third kappa shape index (κ3) is 2.90. The van der Waals surface area contributed by atoms with E-state index in [1.54, 1.807) is 12.1 Å². The van der Waals surface area contributed by atoms with Crippen molar-refractivity contribution >= 4 is 0 Å². The Bertz CT molecular complexity index is 430. The highest BCUT2D eigenvalue weighted by atomic mass is 19.1. The monoisotopic (exact) mass is 267 g/mol. The lowest BCUT2D eigenvalue weighted by Gasteiger charge is -2.33. The number of halogens is 1. The van der Waals surface area contributed by atoms with Gasteiger partial charge in [-0.25, -0.2) is 4.39 Å². The second-order valence-electron chi connectivity index (χ2n) is 5.24. The van der Waals surface area contributed by atoms with Gasteiger partial charge in [0.2, 0.25) is 0 Å². The summed E-state index contributed by atoms with van der Waals surface area (Å²) in [5, 5.41) is 3.27. The molecule has 0 aromatic heterocycles. The first kappa shape index (κ1) is 14.3. The van der Waals surface area contributed by atoms with Gasteiger partial charge in [0.15, 0.2) is 11.6 Å². The first-order valence-electron chi connectivity index (χ1n) is 6.73. The van der Waals surface area contributed by atoms with Gasteiger partial charge in [0.1, 0.15) is 0 Å². The molecule has 0 bridgehead atoms. The lowest BCUT2D eigenvalue weighted by atomic mass is 9.88. The molecule has 106 valence electrons. The van der Waals surface area contributed by atoms with Crippen LogP contribution in [0.2, 0.25) is 0 Å². The number of methoxy groups -OCH3 is 1. The zero-order valence-corrected chi connectivity index (χ0v) is 11.8. The van der Waals surface area contributed by atoms with Crippen molar-refractivity contribution in [3.05, 3.63) is 29.6 Å². The normalized spacial score (nSPS) is 24.4. The molecule has 0 saturated carbocycles. The predicted molar refractivity (Wildman–Crippen MR) is 73.1 cm³/mol. The van der Waals surface area contributed by atoms with Crippen LogP contribution in [0.4, 0.5) is 4.39 Å². The van der Waals surface area contributed by atoms with Gasteiger partial charge in [-0.05, 0) is 44.9 Å². The van der Waals surface area contributed by atoms with Gasteiger partial charge in [0.05, 0.1) is 12.7 Å². The molecule has 19 heavy (non-hydrogen) atoms. The van der Waals surface area contributed by atoms with Crippen molar-refractivity contribution in [2.75, 3.05) is 20.8 Å². The van der Waals surface area contributed by atoms with E-state index in [1.165, 1.54) is 7.11 Å². The van der Waals surface area contributed by atoms with E-state index in [0.29, 0.717) is 17.7 Å². The Morgan fingerprint density at radius 2 is 2.32 bits per heavy atom. The highest BCUT2D eigenvalue weighted by molar-refractivity contribution is 5.32. The molecular formula is C15H22FNO2. The van der Waals surface area contributed by atoms with E-state index in [0.717, 1.165) is 19.4 Å². The summed E-state index contributed by atoms with van der Waals surface area (Å²) in [6.07, 6.45) is 2.66. The topological polar surface area (TPSA) is 30.5 Å². The van der Waals surface area contributed by atoms with Gasteiger partial charge in [-0.2, -0.15) is 0 Å². The van der Waals surface area contributed by atoms with Gasteiger partial charge < -0.3 is 14.8 Å². The van der Waals surface area contributed by atoms with E-state index in [4.69, 9.17) is 9.47 Å². The first-order chi connectivity index (χ1) is 9.10. The van der Waals surface area contributed by atoms with Gasteiger partial charge >= 0.3 is 0 Å². The van der Waals surface area contributed by atoms with Crippen LogP contribution in [0.15, 0.2) is 18.2 Å². The molecule has 1 saturated heterocycles. The SMILES string of the molecule is CNC(Cc1cccc(OC)c1F)C1(C)CCCO1. The van der Waals surface area contributed by atoms with E-state index in [9.17, 15) is 4.39 Å². The third-order valence-corrected chi connectivity index (χ3v) is 4.02. The number of nitrogens with one attached hydrogen (secondary N) is 1. The maximum Gasteiger partial charge on any atom is 0.168 e. The van der Waals surface area contributed by atoms with Gasteiger partial charge in [-0.15, -0.1) is 0 Å². The number of hydrogen-bond donors (Lipinski definition) is 1. The second-order valence-corrected chi connectivity index (χ2v) is 5.24. The van der Waals surface area contributed by atoms with Crippen molar-refractivity contribution in [3.63, 3.8) is 0 Å². The van der Waals surface area contributed by atoms with Crippen LogP contribution < -0.4 is 10.1 Å². The fourth-order valence-electron chi connectivity index (χ4n) is 2.79. The van der Waals surface area contributed by atoms with Crippen LogP contribution in [-0.4, -0.2) is 32.4 Å². The minimum absolute atomic E-state index is 0.0941. The molecule has 0 spiro atoms. The van der Waals surface area contributed by atoms with Crippen molar-refractivity contribution < 1.29 is 13.9 Å². The highest BCUT2D eigenvalue weighted by Gasteiger charge is 2.37. The van der Waals surface area contributed by atoms with Gasteiger partial charge in [0, 0.05) is 12.6 Å². The summed E-state index contributed by atoms with van der Waals surface area (Å²) < 4.78 is 25.1. The molecule has 1 fully saturated rings. The fraction of sp³-hybridized carbons (Fsp3) is 0.600. The van der Waals surface area contributed by atoms with Crippen LogP contribution in [0.5, 0.6) is 5.75 Å². The quantitative estimate of drug-likeness (QED) is 0.889. The molecule has 1 aromatic rings. The largest absolute Gasteiger partial charge is 0.494 e. The van der Waals surface area contributed by atoms with Crippen molar-refractivity contribution in [1.82, 2.24) is 5.32 Å². The molecule has 4 heteroatoms. The number of likely N-dealkylation sites (N-methyl/N-ethyl adjacent to an activating group) is 1. The van der Waals surface area contributed by atoms with Crippen LogP contribution in [0.25, 0.3) is 0 Å². The van der Waals surface area contributed by atoms with Gasteiger partial charge in [-0.3, -0.25) is 0 Å². The second kappa shape index (κ2) is 5.88. The molecule has 0 radical (unpaired) electrons. The van der Waals surface area contributed by atoms with Crippen LogP contribution >= 0.6 is 0 Å². The molecule has 2 rings (SSSR count). The molecule has 1 aliphatic heterocycles. The zero-order chi connectivity index (χ0) is 13.9. The Morgan fingerprint density at radius 1 is 1.53 bits per heavy atom. The standard InChI is InChI=1S/C15H22FNO2/c1-15(8-5-9-19-15)13(17-2)10-11-6-4-7-12(18-3)14(11)16/h4,6-7,13,17H,5,8-10H2,1-3H3. The van der Waals surface area contributed by atoms with Crippen molar-refractivity contribution in [2.45, 2.75) is 37.8 Å². The van der Waals surface area contributed by atoms with E-state index in [-0.39, 0.29) is 17.5 Å². The summed E-state index contributed by atoms with van der Waals surface area (Å²) in [6.45, 7) is 2.88. The third-order valence-electron chi connectivity index (χ3n) is 4.02. The van der Waals surface area contributed by atoms with Crippen molar-refractivity contribution in [1.29, 1.82) is 0 Å². The number of ether oxygens (including phenoxy) is 2. The Balaban J connectivity index is 2.19. The summed E-state index contributed by atoms with van der Waals surface area (Å²) >= 11 is 0. The number of rotatable bonds is 5. The van der Waals surface area contributed by atoms with Crippen LogP contribution in [0.1, 0.15) is 25.3 Å². The Morgan fingerprint density at radius 3 is 2.89 bits per heavy atom. The molecule has 1 aromatic carbocycles. The smallest absolute Gasteiger partial charge is 0.168 e. The summed E-state index contributed by atoms with van der Waals surface area (Å²) in [4.78, 5) is 0. The summed E-state index contributed by atoms with van der Waals surface area (Å²) in [5.41, 5.74) is 0.444. The Labute approximate surface area is 114 Å². The molecule has 2 atom stereocenters. The van der Waals surface area contributed by atoms with Gasteiger partial charge in [-0.1, -0.05) is 12.1 Å². The number of benzene rings is 1. The first-order valence-corrected chi connectivity index (χ1v) is 6.73. The Kier molecular flexibility index (Phi) is 4.42. The summed E-state index contributed by atoms with van der Waals surface area (Å²) in [7, 11) is 3.38. The fourth-order valence-corrected chi connectivity index (χ4v) is 2.79. The molecule has 3 nitrogen and oxygen atoms in total. The molecule has 0 amide bonds. The number of hydrogen-bond acceptors (Lipinski definition) is 3. The average Bonchev–Trinajstić information content (AvgIpc) is 2.85. The molecule has 1 heterocycles. The van der Waals surface area contributed by atoms with Crippen molar-refractivity contribution in [2.24, 2.45) is 0 Å². The minimum atomic E-state index is -0.271. The van der Waals surface area contributed by atoms with E-state index < -0.39 is 0 Å². The van der Waals surface area contributed by atoms with Crippen LogP contribution in [-0.2, 0) is 11.2 Å². The average molecular weight is 267 g/mol. The van der Waals surface area contributed by atoms with E-state index in [1.807, 2.05) is 13.1 Å². The Hall–Kier alpha value is -1.13. The van der Waals surface area contributed by atoms with E-state index >= 15 is 0 Å². The maximum absolute atomic E-state index is 14.2. The van der Waals surface area contributed by atoms with Crippen LogP contribution in [0, 0.1) is 5.82 Å². The summed E-state index contributed by atoms with van der Waals surface area (Å²) in [6, 6.07) is 5.36. The van der Waals surface area contributed by atoms with E-state index in [2.05, 4.69) is 12.2 Å².